The maximum Gasteiger partial charge on any atom is 0.425 e. The zero-order chi connectivity index (χ0) is 19.7. The molecule has 1 unspecified atom stereocenters. The molecule has 4 rings (SSSR count). The number of benzene rings is 1. The van der Waals surface area contributed by atoms with Gasteiger partial charge in [0.15, 0.2) is 0 Å². The lowest BCUT2D eigenvalue weighted by Gasteiger charge is -2.21. The van der Waals surface area contributed by atoms with Crippen LogP contribution in [0.15, 0.2) is 53.0 Å². The summed E-state index contributed by atoms with van der Waals surface area (Å²) in [6.45, 7) is 2.04. The summed E-state index contributed by atoms with van der Waals surface area (Å²) in [4.78, 5) is 26.2. The van der Waals surface area contributed by atoms with Crippen LogP contribution in [0.4, 0.5) is 0 Å². The molecule has 5 heteroatoms. The van der Waals surface area contributed by atoms with Crippen molar-refractivity contribution in [1.29, 1.82) is 0 Å². The van der Waals surface area contributed by atoms with Crippen LogP contribution in [0.3, 0.4) is 0 Å². The van der Waals surface area contributed by atoms with E-state index in [9.17, 15) is 9.59 Å². The van der Waals surface area contributed by atoms with Gasteiger partial charge in [-0.1, -0.05) is 66.6 Å². The van der Waals surface area contributed by atoms with E-state index in [4.69, 9.17) is 0 Å². The molecule has 1 atom stereocenters. The first kappa shape index (κ1) is 18.9. The van der Waals surface area contributed by atoms with Gasteiger partial charge in [0.25, 0.3) is 5.91 Å². The summed E-state index contributed by atoms with van der Waals surface area (Å²) < 4.78 is 1.68. The number of hydrogen-bond donors (Lipinski definition) is 1. The molecule has 2 aliphatic carbocycles. The minimum Gasteiger partial charge on any atom is -0.349 e. The predicted octanol–water partition coefficient (Wildman–Crippen LogP) is 3.62. The predicted molar refractivity (Wildman–Crippen MR) is 114 cm³/mol. The van der Waals surface area contributed by atoms with Crippen molar-refractivity contribution in [3.8, 4) is 0 Å². The number of amides is 2. The number of carbonyl (C=O) groups is 2. The summed E-state index contributed by atoms with van der Waals surface area (Å²) in [5, 5.41) is 3.17. The van der Waals surface area contributed by atoms with Gasteiger partial charge in [0, 0.05) is 17.7 Å². The third-order valence-corrected chi connectivity index (χ3v) is 6.69. The molecule has 4 nitrogen and oxygen atoms in total. The minimum atomic E-state index is -0.0407. The van der Waals surface area contributed by atoms with Crippen molar-refractivity contribution in [2.75, 3.05) is 7.05 Å². The van der Waals surface area contributed by atoms with Gasteiger partial charge in [0.1, 0.15) is 17.2 Å². The van der Waals surface area contributed by atoms with E-state index in [-0.39, 0.29) is 23.1 Å². The number of carbonyl (C=O) groups excluding carboxylic acids is 2. The molecule has 1 aliphatic heterocycles. The molecule has 3 aliphatic rings. The molecule has 1 heterocycles. The highest BCUT2D eigenvalue weighted by molar-refractivity contribution is 8.05. The summed E-state index contributed by atoms with van der Waals surface area (Å²) in [6, 6.07) is 8.41. The SMILES string of the molecule is Cc1cccc(/C=C2\SC3C=CC(C(=O)NC4CCCC4)=CC3=[N+](C)C2=O)c1. The number of rotatable bonds is 3. The Kier molecular flexibility index (Phi) is 5.36. The molecule has 144 valence electrons. The van der Waals surface area contributed by atoms with Crippen LogP contribution in [-0.2, 0) is 9.59 Å². The lowest BCUT2D eigenvalue weighted by Crippen LogP contribution is -2.38. The van der Waals surface area contributed by atoms with E-state index in [2.05, 4.69) is 11.4 Å². The molecule has 0 radical (unpaired) electrons. The number of nitrogens with one attached hydrogen (secondary N) is 1. The molecule has 0 spiro atoms. The highest BCUT2D eigenvalue weighted by atomic mass is 32.2. The van der Waals surface area contributed by atoms with Crippen molar-refractivity contribution in [1.82, 2.24) is 5.32 Å². The van der Waals surface area contributed by atoms with E-state index in [1.807, 2.05) is 49.4 Å². The van der Waals surface area contributed by atoms with E-state index in [1.54, 1.807) is 23.4 Å². The van der Waals surface area contributed by atoms with E-state index < -0.39 is 0 Å². The minimum absolute atomic E-state index is 0.0279. The van der Waals surface area contributed by atoms with E-state index in [1.165, 1.54) is 18.4 Å². The number of hydrogen-bond acceptors (Lipinski definition) is 3. The Balaban J connectivity index is 1.58. The number of nitrogens with zero attached hydrogens (tertiary/aromatic N) is 1. The summed E-state index contributed by atoms with van der Waals surface area (Å²) >= 11 is 1.54. The molecular weight excluding hydrogens is 368 g/mol. The molecule has 1 aromatic rings. The molecule has 1 fully saturated rings. The lowest BCUT2D eigenvalue weighted by molar-refractivity contribution is -0.413. The molecule has 0 bridgehead atoms. The zero-order valence-electron chi connectivity index (χ0n) is 16.3. The van der Waals surface area contributed by atoms with Crippen LogP contribution in [0.1, 0.15) is 36.8 Å². The fourth-order valence-electron chi connectivity index (χ4n) is 3.92. The van der Waals surface area contributed by atoms with Crippen LogP contribution in [0.2, 0.25) is 0 Å². The van der Waals surface area contributed by atoms with Gasteiger partial charge in [-0.05, 0) is 31.4 Å². The number of thioether (sulfide) groups is 1. The monoisotopic (exact) mass is 393 g/mol. The lowest BCUT2D eigenvalue weighted by atomic mass is 10.0. The molecular formula is C23H25N2O2S+. The Labute approximate surface area is 170 Å². The van der Waals surface area contributed by atoms with E-state index in [0.29, 0.717) is 5.57 Å². The summed E-state index contributed by atoms with van der Waals surface area (Å²) in [5.74, 6) is -0.0686. The van der Waals surface area contributed by atoms with Gasteiger partial charge >= 0.3 is 5.91 Å². The van der Waals surface area contributed by atoms with Crippen LogP contribution >= 0.6 is 11.8 Å². The van der Waals surface area contributed by atoms with E-state index in [0.717, 1.165) is 29.0 Å². The molecule has 2 amide bonds. The van der Waals surface area contributed by atoms with Crippen LogP contribution in [0.5, 0.6) is 0 Å². The number of allylic oxidation sites excluding steroid dienone is 1. The highest BCUT2D eigenvalue weighted by Gasteiger charge is 2.38. The quantitative estimate of drug-likeness (QED) is 0.630. The van der Waals surface area contributed by atoms with Gasteiger partial charge in [-0.3, -0.25) is 4.79 Å². The van der Waals surface area contributed by atoms with Gasteiger partial charge in [-0.25, -0.2) is 4.79 Å². The highest BCUT2D eigenvalue weighted by Crippen LogP contribution is 2.33. The first-order valence-corrected chi connectivity index (χ1v) is 10.7. The first-order chi connectivity index (χ1) is 13.5. The number of aryl methyl sites for hydroxylation is 1. The first-order valence-electron chi connectivity index (χ1n) is 9.82. The molecule has 0 aromatic heterocycles. The Morgan fingerprint density at radius 1 is 1.29 bits per heavy atom. The molecule has 1 aromatic carbocycles. The van der Waals surface area contributed by atoms with Crippen LogP contribution in [0, 0.1) is 6.92 Å². The van der Waals surface area contributed by atoms with Crippen LogP contribution < -0.4 is 5.32 Å². The van der Waals surface area contributed by atoms with Gasteiger partial charge in [0.2, 0.25) is 5.71 Å². The average Bonchev–Trinajstić information content (AvgIpc) is 3.19. The second-order valence-electron chi connectivity index (χ2n) is 7.66. The van der Waals surface area contributed by atoms with Crippen molar-refractivity contribution in [3.63, 3.8) is 0 Å². The second-order valence-corrected chi connectivity index (χ2v) is 8.85. The second kappa shape index (κ2) is 7.92. The topological polar surface area (TPSA) is 49.2 Å². The fourth-order valence-corrected chi connectivity index (χ4v) is 5.14. The summed E-state index contributed by atoms with van der Waals surface area (Å²) in [7, 11) is 1.79. The third kappa shape index (κ3) is 3.90. The maximum atomic E-state index is 12.9. The Bertz CT molecular complexity index is 949. The van der Waals surface area contributed by atoms with E-state index >= 15 is 0 Å². The average molecular weight is 394 g/mol. The smallest absolute Gasteiger partial charge is 0.349 e. The summed E-state index contributed by atoms with van der Waals surface area (Å²) in [5.41, 5.74) is 3.70. The van der Waals surface area contributed by atoms with Crippen molar-refractivity contribution < 1.29 is 14.2 Å². The van der Waals surface area contributed by atoms with Gasteiger partial charge in [0.05, 0.1) is 0 Å². The number of likely N-dealkylation sites (N-methyl/N-ethyl adjacent to an activating group) is 1. The fraction of sp³-hybridized carbons (Fsp3) is 0.348. The van der Waals surface area contributed by atoms with Gasteiger partial charge < -0.3 is 5.32 Å². The molecule has 1 saturated carbocycles. The normalized spacial score (nSPS) is 23.8. The van der Waals surface area contributed by atoms with Crippen molar-refractivity contribution in [2.45, 2.75) is 43.9 Å². The van der Waals surface area contributed by atoms with Crippen molar-refractivity contribution in [3.05, 3.63) is 64.1 Å². The Morgan fingerprint density at radius 3 is 2.82 bits per heavy atom. The molecule has 0 saturated heterocycles. The van der Waals surface area contributed by atoms with Crippen molar-refractivity contribution in [2.24, 2.45) is 0 Å². The standard InChI is InChI=1S/C23H24N2O2S/c1-15-6-5-7-16(12-15)13-21-23(27)25(2)19-14-17(10-11-20(19)28-21)22(26)24-18-8-3-4-9-18/h5-7,10-14,18,20H,3-4,8-9H2,1-2H3/p+1/b21-13-. The third-order valence-electron chi connectivity index (χ3n) is 5.49. The van der Waals surface area contributed by atoms with Gasteiger partial charge in [-0.2, -0.15) is 4.58 Å². The zero-order valence-corrected chi connectivity index (χ0v) is 17.1. The van der Waals surface area contributed by atoms with Crippen molar-refractivity contribution >= 4 is 35.4 Å². The molecule has 1 N–H and O–H groups in total. The Morgan fingerprint density at radius 2 is 2.07 bits per heavy atom. The molecule has 28 heavy (non-hydrogen) atoms. The maximum absolute atomic E-state index is 12.9. The number of fused-ring (bicyclic) bond motifs is 1. The summed E-state index contributed by atoms with van der Waals surface area (Å²) in [6.07, 6.45) is 12.2. The largest absolute Gasteiger partial charge is 0.425 e. The van der Waals surface area contributed by atoms with Crippen LogP contribution in [0.25, 0.3) is 6.08 Å². The Hall–Kier alpha value is -2.40. The van der Waals surface area contributed by atoms with Gasteiger partial charge in [-0.15, -0.1) is 0 Å². The van der Waals surface area contributed by atoms with Crippen LogP contribution in [-0.4, -0.2) is 40.4 Å².